The van der Waals surface area contributed by atoms with Crippen molar-refractivity contribution >= 4 is 17.9 Å². The number of carbonyl (C=O) groups is 3. The lowest BCUT2D eigenvalue weighted by atomic mass is 10.0. The standard InChI is InChI=1S/C60H112O6/c1-4-7-10-13-16-19-22-25-28-29-30-31-33-35-38-41-44-47-50-53-59(62)65-56-57(55-64-58(61)52-49-46-43-40-37-34-27-24-21-18-15-12-9-6-3)66-60(63)54-51-48-45-42-39-36-32-26-23-20-17-14-11-8-5-2/h20,23,34,37,57H,4-19,21-22,24-33,35-36,38-56H2,1-3H3/b23-20-,37-34-. The van der Waals surface area contributed by atoms with Gasteiger partial charge in [-0.3, -0.25) is 14.4 Å². The van der Waals surface area contributed by atoms with Crippen LogP contribution in [0.1, 0.15) is 323 Å². The number of unbranched alkanes of at least 4 members (excludes halogenated alkanes) is 39. The van der Waals surface area contributed by atoms with E-state index in [1.165, 1.54) is 218 Å². The summed E-state index contributed by atoms with van der Waals surface area (Å²) >= 11 is 0. The second-order valence-electron chi connectivity index (χ2n) is 19.9. The largest absolute Gasteiger partial charge is 0.462 e. The Bertz CT molecular complexity index is 1070. The van der Waals surface area contributed by atoms with E-state index in [0.29, 0.717) is 19.3 Å². The van der Waals surface area contributed by atoms with Gasteiger partial charge in [-0.2, -0.15) is 0 Å². The second-order valence-corrected chi connectivity index (χ2v) is 19.9. The molecule has 6 nitrogen and oxygen atoms in total. The van der Waals surface area contributed by atoms with E-state index < -0.39 is 6.10 Å². The summed E-state index contributed by atoms with van der Waals surface area (Å²) in [4.78, 5) is 38.1. The van der Waals surface area contributed by atoms with Crippen LogP contribution in [0, 0.1) is 0 Å². The van der Waals surface area contributed by atoms with Crippen LogP contribution in [0.2, 0.25) is 0 Å². The quantitative estimate of drug-likeness (QED) is 0.0262. The van der Waals surface area contributed by atoms with Crippen molar-refractivity contribution in [3.8, 4) is 0 Å². The highest BCUT2D eigenvalue weighted by Crippen LogP contribution is 2.17. The van der Waals surface area contributed by atoms with Gasteiger partial charge in [-0.05, 0) is 70.6 Å². The number of hydrogen-bond donors (Lipinski definition) is 0. The molecule has 0 rings (SSSR count). The fourth-order valence-electron chi connectivity index (χ4n) is 8.73. The molecule has 0 bridgehead atoms. The molecule has 0 amide bonds. The summed E-state index contributed by atoms with van der Waals surface area (Å²) in [6, 6.07) is 0. The van der Waals surface area contributed by atoms with E-state index in [0.717, 1.165) is 64.2 Å². The monoisotopic (exact) mass is 929 g/mol. The van der Waals surface area contributed by atoms with E-state index in [1.807, 2.05) is 0 Å². The SMILES string of the molecule is CCCCCC/C=C\CCCCCCCCCC(=O)OC(COC(=O)CCCCC/C=C\CCCCCCCCC)COC(=O)CCCCCCCCCCCCCCCCCCCCC. The Morgan fingerprint density at radius 3 is 0.788 bits per heavy atom. The summed E-state index contributed by atoms with van der Waals surface area (Å²) in [7, 11) is 0. The number of rotatable bonds is 54. The van der Waals surface area contributed by atoms with Gasteiger partial charge in [0.1, 0.15) is 13.2 Å². The van der Waals surface area contributed by atoms with Crippen molar-refractivity contribution < 1.29 is 28.6 Å². The van der Waals surface area contributed by atoms with Crippen molar-refractivity contribution in [2.24, 2.45) is 0 Å². The van der Waals surface area contributed by atoms with Crippen LogP contribution in [0.25, 0.3) is 0 Å². The van der Waals surface area contributed by atoms with Crippen LogP contribution in [0.3, 0.4) is 0 Å². The van der Waals surface area contributed by atoms with Gasteiger partial charge in [0.05, 0.1) is 0 Å². The Kier molecular flexibility index (Phi) is 53.7. The first-order chi connectivity index (χ1) is 32.5. The molecule has 0 aromatic rings. The number of ether oxygens (including phenoxy) is 3. The van der Waals surface area contributed by atoms with Crippen LogP contribution in [-0.2, 0) is 28.6 Å². The van der Waals surface area contributed by atoms with E-state index in [4.69, 9.17) is 14.2 Å². The number of carbonyl (C=O) groups excluding carboxylic acids is 3. The summed E-state index contributed by atoms with van der Waals surface area (Å²) in [5.41, 5.74) is 0. The zero-order chi connectivity index (χ0) is 47.9. The summed E-state index contributed by atoms with van der Waals surface area (Å²) in [5, 5.41) is 0. The van der Waals surface area contributed by atoms with Crippen molar-refractivity contribution in [3.63, 3.8) is 0 Å². The maximum Gasteiger partial charge on any atom is 0.306 e. The molecule has 0 saturated heterocycles. The first-order valence-corrected chi connectivity index (χ1v) is 29.3. The van der Waals surface area contributed by atoms with Crippen molar-refractivity contribution in [1.82, 2.24) is 0 Å². The van der Waals surface area contributed by atoms with Crippen LogP contribution in [0.5, 0.6) is 0 Å². The van der Waals surface area contributed by atoms with Gasteiger partial charge in [-0.15, -0.1) is 0 Å². The normalized spacial score (nSPS) is 12.1. The third-order valence-corrected chi connectivity index (χ3v) is 13.2. The van der Waals surface area contributed by atoms with Crippen LogP contribution in [0.4, 0.5) is 0 Å². The zero-order valence-electron chi connectivity index (χ0n) is 44.5. The Balaban J connectivity index is 4.32. The molecule has 0 radical (unpaired) electrons. The highest BCUT2D eigenvalue weighted by molar-refractivity contribution is 5.71. The molecule has 1 atom stereocenters. The predicted octanol–water partition coefficient (Wildman–Crippen LogP) is 19.5. The first kappa shape index (κ1) is 63.9. The van der Waals surface area contributed by atoms with Gasteiger partial charge in [-0.25, -0.2) is 0 Å². The first-order valence-electron chi connectivity index (χ1n) is 29.3. The topological polar surface area (TPSA) is 78.9 Å². The lowest BCUT2D eigenvalue weighted by Crippen LogP contribution is -2.30. The molecule has 0 fully saturated rings. The molecule has 1 unspecified atom stereocenters. The summed E-state index contributed by atoms with van der Waals surface area (Å²) in [6.07, 6.45) is 64.6. The lowest BCUT2D eigenvalue weighted by Gasteiger charge is -2.18. The highest BCUT2D eigenvalue weighted by Gasteiger charge is 2.19. The molecule has 0 aliphatic heterocycles. The molecule has 0 aromatic carbocycles. The van der Waals surface area contributed by atoms with Gasteiger partial charge in [0.15, 0.2) is 6.10 Å². The maximum absolute atomic E-state index is 12.8. The fraction of sp³-hybridized carbons (Fsp3) is 0.883. The van der Waals surface area contributed by atoms with Gasteiger partial charge in [0.25, 0.3) is 0 Å². The van der Waals surface area contributed by atoms with E-state index in [-0.39, 0.29) is 31.1 Å². The lowest BCUT2D eigenvalue weighted by molar-refractivity contribution is -0.167. The summed E-state index contributed by atoms with van der Waals surface area (Å²) in [6.45, 7) is 6.66. The molecule has 66 heavy (non-hydrogen) atoms. The van der Waals surface area contributed by atoms with Crippen LogP contribution in [0.15, 0.2) is 24.3 Å². The summed E-state index contributed by atoms with van der Waals surface area (Å²) in [5.74, 6) is -0.874. The Labute approximate surface area is 411 Å². The van der Waals surface area contributed by atoms with E-state index in [1.54, 1.807) is 0 Å². The zero-order valence-corrected chi connectivity index (χ0v) is 44.5. The number of esters is 3. The average Bonchev–Trinajstić information content (AvgIpc) is 3.31. The Morgan fingerprint density at radius 2 is 0.500 bits per heavy atom. The van der Waals surface area contributed by atoms with Crippen LogP contribution >= 0.6 is 0 Å². The van der Waals surface area contributed by atoms with Crippen molar-refractivity contribution in [3.05, 3.63) is 24.3 Å². The molecule has 0 N–H and O–H groups in total. The molecule has 0 aromatic heterocycles. The highest BCUT2D eigenvalue weighted by atomic mass is 16.6. The fourth-order valence-corrected chi connectivity index (χ4v) is 8.73. The molecule has 0 aliphatic carbocycles. The minimum absolute atomic E-state index is 0.0732. The number of allylic oxidation sites excluding steroid dienone is 4. The molecular formula is C60H112O6. The second kappa shape index (κ2) is 55.5. The molecule has 6 heteroatoms. The van der Waals surface area contributed by atoms with Gasteiger partial charge >= 0.3 is 17.9 Å². The van der Waals surface area contributed by atoms with Crippen molar-refractivity contribution in [1.29, 1.82) is 0 Å². The smallest absolute Gasteiger partial charge is 0.306 e. The maximum atomic E-state index is 12.8. The molecule has 0 saturated carbocycles. The summed E-state index contributed by atoms with van der Waals surface area (Å²) < 4.78 is 16.9. The predicted molar refractivity (Wildman–Crippen MR) is 284 cm³/mol. The van der Waals surface area contributed by atoms with E-state index >= 15 is 0 Å². The molecule has 0 heterocycles. The van der Waals surface area contributed by atoms with Crippen molar-refractivity contribution in [2.75, 3.05) is 13.2 Å². The van der Waals surface area contributed by atoms with E-state index in [9.17, 15) is 14.4 Å². The van der Waals surface area contributed by atoms with Crippen LogP contribution < -0.4 is 0 Å². The molecular weight excluding hydrogens is 817 g/mol. The Morgan fingerprint density at radius 1 is 0.288 bits per heavy atom. The van der Waals surface area contributed by atoms with Gasteiger partial charge in [0, 0.05) is 19.3 Å². The minimum Gasteiger partial charge on any atom is -0.462 e. The minimum atomic E-state index is -0.776. The van der Waals surface area contributed by atoms with Gasteiger partial charge < -0.3 is 14.2 Å². The Hall–Kier alpha value is -2.11. The third-order valence-electron chi connectivity index (χ3n) is 13.2. The van der Waals surface area contributed by atoms with Gasteiger partial charge in [-0.1, -0.05) is 257 Å². The third kappa shape index (κ3) is 52.9. The van der Waals surface area contributed by atoms with Crippen molar-refractivity contribution in [2.45, 2.75) is 329 Å². The van der Waals surface area contributed by atoms with Gasteiger partial charge in [0.2, 0.25) is 0 Å². The van der Waals surface area contributed by atoms with Crippen LogP contribution in [-0.4, -0.2) is 37.2 Å². The van der Waals surface area contributed by atoms with E-state index in [2.05, 4.69) is 45.1 Å². The molecule has 0 aliphatic rings. The average molecular weight is 930 g/mol. The molecule has 0 spiro atoms. The number of hydrogen-bond acceptors (Lipinski definition) is 6. The molecule has 388 valence electrons.